The molecule has 0 aliphatic carbocycles. The lowest BCUT2D eigenvalue weighted by molar-refractivity contribution is 0.107. The number of aromatic nitrogens is 1. The van der Waals surface area contributed by atoms with E-state index in [0.717, 1.165) is 5.56 Å². The average Bonchev–Trinajstić information content (AvgIpc) is 2.48. The average molecular weight is 308 g/mol. The zero-order chi connectivity index (χ0) is 15.6. The molecule has 1 heterocycles. The number of carbonyl (C=O) groups excluding carboxylic acids is 1. The first-order valence-corrected chi connectivity index (χ1v) is 6.49. The highest BCUT2D eigenvalue weighted by Crippen LogP contribution is 2.31. The van der Waals surface area contributed by atoms with Gasteiger partial charge in [-0.1, -0.05) is 0 Å². The lowest BCUT2D eigenvalue weighted by Crippen LogP contribution is -2.23. The Balaban J connectivity index is 2.60. The van der Waals surface area contributed by atoms with Gasteiger partial charge >= 0.3 is 0 Å². The molecule has 0 saturated heterocycles. The van der Waals surface area contributed by atoms with E-state index in [1.54, 1.807) is 38.4 Å². The molecule has 0 fully saturated rings. The van der Waals surface area contributed by atoms with Crippen molar-refractivity contribution in [2.24, 2.45) is 7.05 Å². The van der Waals surface area contributed by atoms with Gasteiger partial charge in [0.2, 0.25) is 0 Å². The predicted molar refractivity (Wildman–Crippen MR) is 80.4 cm³/mol. The second kappa shape index (κ2) is 6.01. The van der Waals surface area contributed by atoms with Gasteiger partial charge in [0.1, 0.15) is 0 Å². The number of hydrogen-bond donors (Lipinski definition) is 0. The van der Waals surface area contributed by atoms with Gasteiger partial charge in [0.05, 0.1) is 25.5 Å². The SMILES string of the molecule is COc1ccc(-c2ccc(C(=O)Cl)c(=O)n2C)cc1OC. The van der Waals surface area contributed by atoms with Crippen LogP contribution < -0.4 is 15.0 Å². The molecule has 21 heavy (non-hydrogen) atoms. The van der Waals surface area contributed by atoms with Gasteiger partial charge in [-0.25, -0.2) is 0 Å². The summed E-state index contributed by atoms with van der Waals surface area (Å²) in [5.41, 5.74) is 0.911. The van der Waals surface area contributed by atoms with Crippen molar-refractivity contribution in [3.63, 3.8) is 0 Å². The zero-order valence-electron chi connectivity index (χ0n) is 11.8. The highest BCUT2D eigenvalue weighted by atomic mass is 35.5. The Morgan fingerprint density at radius 3 is 2.33 bits per heavy atom. The van der Waals surface area contributed by atoms with Crippen LogP contribution in [0.25, 0.3) is 11.3 Å². The Morgan fingerprint density at radius 2 is 1.76 bits per heavy atom. The number of carbonyl (C=O) groups is 1. The van der Waals surface area contributed by atoms with E-state index in [9.17, 15) is 9.59 Å². The number of hydrogen-bond acceptors (Lipinski definition) is 4. The van der Waals surface area contributed by atoms with Crippen molar-refractivity contribution >= 4 is 16.8 Å². The summed E-state index contributed by atoms with van der Waals surface area (Å²) in [4.78, 5) is 23.2. The number of halogens is 1. The van der Waals surface area contributed by atoms with Crippen molar-refractivity contribution < 1.29 is 14.3 Å². The van der Waals surface area contributed by atoms with Gasteiger partial charge in [-0.15, -0.1) is 0 Å². The topological polar surface area (TPSA) is 57.5 Å². The van der Waals surface area contributed by atoms with E-state index < -0.39 is 10.8 Å². The van der Waals surface area contributed by atoms with Gasteiger partial charge in [-0.2, -0.15) is 0 Å². The van der Waals surface area contributed by atoms with Crippen molar-refractivity contribution in [3.05, 3.63) is 46.2 Å². The van der Waals surface area contributed by atoms with E-state index in [2.05, 4.69) is 0 Å². The summed E-state index contributed by atoms with van der Waals surface area (Å²) < 4.78 is 11.8. The maximum absolute atomic E-state index is 12.1. The van der Waals surface area contributed by atoms with Crippen molar-refractivity contribution in [1.29, 1.82) is 0 Å². The van der Waals surface area contributed by atoms with Crippen molar-refractivity contribution in [1.82, 2.24) is 4.57 Å². The fourth-order valence-electron chi connectivity index (χ4n) is 2.07. The molecule has 1 aromatic carbocycles. The monoisotopic (exact) mass is 307 g/mol. The number of rotatable bonds is 4. The van der Waals surface area contributed by atoms with Crippen molar-refractivity contribution in [2.75, 3.05) is 14.2 Å². The van der Waals surface area contributed by atoms with Crippen molar-refractivity contribution in [2.45, 2.75) is 0 Å². The van der Waals surface area contributed by atoms with Crippen LogP contribution in [0.15, 0.2) is 35.1 Å². The van der Waals surface area contributed by atoms with E-state index in [4.69, 9.17) is 21.1 Å². The van der Waals surface area contributed by atoms with E-state index in [1.165, 1.54) is 17.7 Å². The molecule has 1 aromatic heterocycles. The van der Waals surface area contributed by atoms with Crippen LogP contribution in [0.1, 0.15) is 10.4 Å². The molecule has 0 N–H and O–H groups in total. The van der Waals surface area contributed by atoms with Crippen LogP contribution in [0, 0.1) is 0 Å². The molecule has 0 aliphatic rings. The zero-order valence-corrected chi connectivity index (χ0v) is 12.6. The first-order valence-electron chi connectivity index (χ1n) is 6.12. The van der Waals surface area contributed by atoms with Crippen LogP contribution in [0.5, 0.6) is 11.5 Å². The normalized spacial score (nSPS) is 10.3. The second-order valence-corrected chi connectivity index (χ2v) is 4.68. The molecule has 5 nitrogen and oxygen atoms in total. The summed E-state index contributed by atoms with van der Waals surface area (Å²) in [6.07, 6.45) is 0. The third-order valence-electron chi connectivity index (χ3n) is 3.20. The highest BCUT2D eigenvalue weighted by Gasteiger charge is 2.13. The Bertz CT molecular complexity index is 752. The summed E-state index contributed by atoms with van der Waals surface area (Å²) in [6, 6.07) is 8.40. The molecule has 110 valence electrons. The Hall–Kier alpha value is -2.27. The molecule has 0 bridgehead atoms. The minimum Gasteiger partial charge on any atom is -0.493 e. The van der Waals surface area contributed by atoms with E-state index in [0.29, 0.717) is 17.2 Å². The fraction of sp³-hybridized carbons (Fsp3) is 0.200. The number of benzene rings is 1. The summed E-state index contributed by atoms with van der Waals surface area (Å²) in [6.45, 7) is 0. The second-order valence-electron chi connectivity index (χ2n) is 4.34. The van der Waals surface area contributed by atoms with Crippen LogP contribution in [0.2, 0.25) is 0 Å². The molecule has 0 unspecified atom stereocenters. The molecule has 0 saturated carbocycles. The smallest absolute Gasteiger partial charge is 0.262 e. The van der Waals surface area contributed by atoms with E-state index in [-0.39, 0.29) is 5.56 Å². The fourth-order valence-corrected chi connectivity index (χ4v) is 2.21. The molecule has 0 aliphatic heterocycles. The Kier molecular flexibility index (Phi) is 4.33. The number of methoxy groups -OCH3 is 2. The van der Waals surface area contributed by atoms with Gasteiger partial charge in [0, 0.05) is 12.6 Å². The largest absolute Gasteiger partial charge is 0.493 e. The maximum Gasteiger partial charge on any atom is 0.262 e. The summed E-state index contributed by atoms with van der Waals surface area (Å²) in [5, 5.41) is -0.769. The lowest BCUT2D eigenvalue weighted by Gasteiger charge is -2.12. The molecule has 0 atom stereocenters. The third kappa shape index (κ3) is 2.78. The summed E-state index contributed by atoms with van der Waals surface area (Å²) in [5.74, 6) is 1.15. The summed E-state index contributed by atoms with van der Waals surface area (Å²) >= 11 is 5.38. The molecule has 2 rings (SSSR count). The van der Waals surface area contributed by atoms with Gasteiger partial charge in [0.15, 0.2) is 11.5 Å². The maximum atomic E-state index is 12.1. The molecular formula is C15H14ClNO4. The molecule has 0 spiro atoms. The van der Waals surface area contributed by atoms with Gasteiger partial charge in [-0.05, 0) is 41.9 Å². The minimum atomic E-state index is -0.769. The van der Waals surface area contributed by atoms with Crippen LogP contribution in [-0.2, 0) is 7.05 Å². The predicted octanol–water partition coefficient (Wildman–Crippen LogP) is 2.45. The van der Waals surface area contributed by atoms with Crippen LogP contribution in [0.4, 0.5) is 0 Å². The molecule has 0 radical (unpaired) electrons. The first-order chi connectivity index (χ1) is 9.99. The first kappa shape index (κ1) is 15.1. The Morgan fingerprint density at radius 1 is 1.10 bits per heavy atom. The molecule has 2 aromatic rings. The standard InChI is InChI=1S/C15H14ClNO4/c1-17-11(6-5-10(14(16)18)15(17)19)9-4-7-12(20-2)13(8-9)21-3/h4-8H,1-3H3. The number of nitrogens with zero attached hydrogens (tertiary/aromatic N) is 1. The highest BCUT2D eigenvalue weighted by molar-refractivity contribution is 6.67. The summed E-state index contributed by atoms with van der Waals surface area (Å²) in [7, 11) is 4.67. The Labute approximate surface area is 126 Å². The molecular weight excluding hydrogens is 294 g/mol. The molecule has 0 amide bonds. The van der Waals surface area contributed by atoms with Gasteiger partial charge in [-0.3, -0.25) is 9.59 Å². The van der Waals surface area contributed by atoms with Crippen molar-refractivity contribution in [3.8, 4) is 22.8 Å². The van der Waals surface area contributed by atoms with E-state index >= 15 is 0 Å². The third-order valence-corrected chi connectivity index (χ3v) is 3.40. The number of pyridine rings is 1. The van der Waals surface area contributed by atoms with Gasteiger partial charge in [0.25, 0.3) is 10.8 Å². The quantitative estimate of drug-likeness (QED) is 0.814. The molecule has 6 heteroatoms. The lowest BCUT2D eigenvalue weighted by atomic mass is 10.1. The van der Waals surface area contributed by atoms with E-state index in [1.807, 2.05) is 0 Å². The van der Waals surface area contributed by atoms with Gasteiger partial charge < -0.3 is 14.0 Å². The van der Waals surface area contributed by atoms with Crippen LogP contribution in [0.3, 0.4) is 0 Å². The number of ether oxygens (including phenoxy) is 2. The van der Waals surface area contributed by atoms with Crippen LogP contribution in [-0.4, -0.2) is 24.0 Å². The minimum absolute atomic E-state index is 0.0524. The van der Waals surface area contributed by atoms with Crippen LogP contribution >= 0.6 is 11.6 Å².